The Morgan fingerprint density at radius 2 is 1.35 bits per heavy atom. The molecule has 0 saturated carbocycles. The molecular formula is C30H30N4. The van der Waals surface area contributed by atoms with E-state index in [-0.39, 0.29) is 11.6 Å². The Morgan fingerprint density at radius 1 is 0.765 bits per heavy atom. The normalized spacial score (nSPS) is 20.6. The predicted octanol–water partition coefficient (Wildman–Crippen LogP) is 5.75. The molecule has 2 aliphatic carbocycles. The number of nitriles is 2. The van der Waals surface area contributed by atoms with Gasteiger partial charge in [0.15, 0.2) is 0 Å². The second kappa shape index (κ2) is 10.1. The quantitative estimate of drug-likeness (QED) is 0.561. The van der Waals surface area contributed by atoms with Crippen LogP contribution < -0.4 is 0 Å². The maximum atomic E-state index is 9.28. The number of fused-ring (bicyclic) bond motifs is 1. The molecule has 0 unspecified atom stereocenters. The molecule has 0 spiro atoms. The number of nitrogens with zero attached hydrogens (tertiary/aromatic N) is 4. The summed E-state index contributed by atoms with van der Waals surface area (Å²) in [6, 6.07) is 26.1. The average Bonchev–Trinajstić information content (AvgIpc) is 2.91. The minimum Gasteiger partial charge on any atom is -0.372 e. The molecule has 0 radical (unpaired) electrons. The second-order valence-corrected chi connectivity index (χ2v) is 9.43. The van der Waals surface area contributed by atoms with Crippen LogP contribution in [0.4, 0.5) is 0 Å². The van der Waals surface area contributed by atoms with E-state index in [2.05, 4.69) is 94.8 Å². The minimum absolute atomic E-state index is 0.271. The molecule has 170 valence electrons. The highest BCUT2D eigenvalue weighted by molar-refractivity contribution is 5.49. The van der Waals surface area contributed by atoms with Gasteiger partial charge in [-0.25, -0.2) is 0 Å². The van der Waals surface area contributed by atoms with E-state index in [4.69, 9.17) is 0 Å². The molecule has 4 heteroatoms. The van der Waals surface area contributed by atoms with Crippen LogP contribution in [0.1, 0.15) is 42.9 Å². The molecule has 1 atom stereocenters. The monoisotopic (exact) mass is 446 g/mol. The number of piperazine rings is 1. The number of benzene rings is 2. The molecule has 0 bridgehead atoms. The molecule has 4 nitrogen and oxygen atoms in total. The summed E-state index contributed by atoms with van der Waals surface area (Å²) < 4.78 is 0. The summed E-state index contributed by atoms with van der Waals surface area (Å²) in [7, 11) is 0. The van der Waals surface area contributed by atoms with E-state index < -0.39 is 0 Å². The zero-order chi connectivity index (χ0) is 23.3. The van der Waals surface area contributed by atoms with E-state index >= 15 is 0 Å². The Hall–Kier alpha value is -3.60. The summed E-state index contributed by atoms with van der Waals surface area (Å²) in [5.74, 6) is 0.563. The van der Waals surface area contributed by atoms with Crippen molar-refractivity contribution >= 4 is 0 Å². The smallest absolute Gasteiger partial charge is 0.132 e. The van der Waals surface area contributed by atoms with Gasteiger partial charge in [-0.2, -0.15) is 10.5 Å². The fourth-order valence-corrected chi connectivity index (χ4v) is 5.71. The fraction of sp³-hybridized carbons (Fsp3) is 0.333. The summed E-state index contributed by atoms with van der Waals surface area (Å²) in [6.45, 7) is 4.08. The van der Waals surface area contributed by atoms with Crippen LogP contribution >= 0.6 is 0 Å². The Morgan fingerprint density at radius 3 is 1.94 bits per heavy atom. The molecule has 1 heterocycles. The minimum atomic E-state index is 0.271. The first-order valence-electron chi connectivity index (χ1n) is 12.3. The van der Waals surface area contributed by atoms with Gasteiger partial charge in [-0.1, -0.05) is 66.7 Å². The Kier molecular flexibility index (Phi) is 6.61. The molecular weight excluding hydrogens is 416 g/mol. The van der Waals surface area contributed by atoms with Crippen molar-refractivity contribution in [3.63, 3.8) is 0 Å². The Labute approximate surface area is 202 Å². The van der Waals surface area contributed by atoms with Crippen molar-refractivity contribution in [3.8, 4) is 12.1 Å². The van der Waals surface area contributed by atoms with E-state index in [0.29, 0.717) is 5.92 Å². The van der Waals surface area contributed by atoms with Gasteiger partial charge in [-0.15, -0.1) is 0 Å². The average molecular weight is 447 g/mol. The molecule has 34 heavy (non-hydrogen) atoms. The Bertz CT molecular complexity index is 1130. The van der Waals surface area contributed by atoms with E-state index in [9.17, 15) is 10.5 Å². The zero-order valence-corrected chi connectivity index (χ0v) is 19.5. The van der Waals surface area contributed by atoms with Crippen molar-refractivity contribution < 1.29 is 0 Å². The van der Waals surface area contributed by atoms with Crippen LogP contribution in [0.25, 0.3) is 0 Å². The van der Waals surface area contributed by atoms with Crippen LogP contribution in [0.5, 0.6) is 0 Å². The third kappa shape index (κ3) is 4.56. The van der Waals surface area contributed by atoms with Gasteiger partial charge in [-0.05, 0) is 60.0 Å². The maximum Gasteiger partial charge on any atom is 0.132 e. The summed E-state index contributed by atoms with van der Waals surface area (Å²) in [5.41, 5.74) is 6.59. The first-order chi connectivity index (χ1) is 16.8. The van der Waals surface area contributed by atoms with Crippen molar-refractivity contribution in [2.75, 3.05) is 26.2 Å². The molecule has 3 aliphatic rings. The third-order valence-electron chi connectivity index (χ3n) is 7.52. The molecule has 2 aromatic rings. The van der Waals surface area contributed by atoms with Gasteiger partial charge >= 0.3 is 0 Å². The number of rotatable bonds is 4. The topological polar surface area (TPSA) is 54.1 Å². The third-order valence-corrected chi connectivity index (χ3v) is 7.52. The summed E-state index contributed by atoms with van der Waals surface area (Å²) >= 11 is 0. The largest absolute Gasteiger partial charge is 0.372 e. The van der Waals surface area contributed by atoms with Gasteiger partial charge < -0.3 is 4.90 Å². The van der Waals surface area contributed by atoms with Crippen LogP contribution in [0.2, 0.25) is 0 Å². The molecule has 2 aromatic carbocycles. The molecule has 1 saturated heterocycles. The Balaban J connectivity index is 1.33. The van der Waals surface area contributed by atoms with Crippen molar-refractivity contribution in [1.82, 2.24) is 9.80 Å². The number of allylic oxidation sites excluding steroid dienone is 6. The number of hydrogen-bond acceptors (Lipinski definition) is 4. The lowest BCUT2D eigenvalue weighted by Gasteiger charge is -2.43. The van der Waals surface area contributed by atoms with Gasteiger partial charge in [-0.3, -0.25) is 4.90 Å². The van der Waals surface area contributed by atoms with Crippen LogP contribution in [0.15, 0.2) is 95.2 Å². The second-order valence-electron chi connectivity index (χ2n) is 9.43. The van der Waals surface area contributed by atoms with E-state index in [0.717, 1.165) is 57.4 Å². The summed E-state index contributed by atoms with van der Waals surface area (Å²) in [5, 5.41) is 18.6. The maximum absolute atomic E-state index is 9.28. The van der Waals surface area contributed by atoms with Gasteiger partial charge in [0.25, 0.3) is 0 Å². The van der Waals surface area contributed by atoms with Crippen LogP contribution in [-0.2, 0) is 0 Å². The highest BCUT2D eigenvalue weighted by atomic mass is 15.3. The lowest BCUT2D eigenvalue weighted by Crippen LogP contribution is -2.47. The highest BCUT2D eigenvalue weighted by Gasteiger charge is 2.30. The first kappa shape index (κ1) is 22.2. The van der Waals surface area contributed by atoms with Crippen LogP contribution in [0.3, 0.4) is 0 Å². The summed E-state index contributed by atoms with van der Waals surface area (Å²) in [6.07, 6.45) is 8.63. The SMILES string of the molecule is N#CC(C#N)=C1C=C2C=C(N3CCN(C(c4ccccc4)c4ccccc4)CC3)CC[C@@H]2CC1. The predicted molar refractivity (Wildman–Crippen MR) is 134 cm³/mol. The lowest BCUT2D eigenvalue weighted by atomic mass is 9.77. The first-order valence-corrected chi connectivity index (χ1v) is 12.3. The highest BCUT2D eigenvalue weighted by Crippen LogP contribution is 2.39. The lowest BCUT2D eigenvalue weighted by molar-refractivity contribution is 0.127. The zero-order valence-electron chi connectivity index (χ0n) is 19.5. The molecule has 0 aromatic heterocycles. The van der Waals surface area contributed by atoms with Crippen molar-refractivity contribution in [1.29, 1.82) is 10.5 Å². The van der Waals surface area contributed by atoms with Crippen LogP contribution in [-0.4, -0.2) is 36.0 Å². The van der Waals surface area contributed by atoms with E-state index in [1.165, 1.54) is 22.4 Å². The van der Waals surface area contributed by atoms with Gasteiger partial charge in [0.1, 0.15) is 17.7 Å². The molecule has 5 rings (SSSR count). The molecule has 1 fully saturated rings. The molecule has 1 aliphatic heterocycles. The van der Waals surface area contributed by atoms with E-state index in [1.54, 1.807) is 0 Å². The van der Waals surface area contributed by atoms with Crippen LogP contribution in [0, 0.1) is 28.6 Å². The molecule has 0 N–H and O–H groups in total. The molecule has 0 amide bonds. The van der Waals surface area contributed by atoms with Crippen molar-refractivity contribution in [2.24, 2.45) is 5.92 Å². The standard InChI is InChI=1S/C30H30N4/c31-21-28(22-32)26-12-11-23-13-14-29(20-27(23)19-26)33-15-17-34(18-16-33)30(24-7-3-1-4-8-24)25-9-5-2-6-10-25/h1-10,19-20,23,30H,11-18H2/t23-/m0/s1. The van der Waals surface area contributed by atoms with Gasteiger partial charge in [0, 0.05) is 31.9 Å². The number of hydrogen-bond donors (Lipinski definition) is 0. The van der Waals surface area contributed by atoms with Gasteiger partial charge in [0.05, 0.1) is 6.04 Å². The van der Waals surface area contributed by atoms with Crippen molar-refractivity contribution in [3.05, 3.63) is 106 Å². The van der Waals surface area contributed by atoms with E-state index in [1.807, 2.05) is 0 Å². The van der Waals surface area contributed by atoms with Crippen molar-refractivity contribution in [2.45, 2.75) is 31.7 Å². The fourth-order valence-electron chi connectivity index (χ4n) is 5.71. The van der Waals surface area contributed by atoms with Gasteiger partial charge in [0.2, 0.25) is 0 Å². The summed E-state index contributed by atoms with van der Waals surface area (Å²) in [4.78, 5) is 5.16.